The molecule has 0 heterocycles. The number of halogens is 1. The second-order valence-electron chi connectivity index (χ2n) is 5.64. The SMILES string of the molecule is CNC(c1ccc(OC)cc1Cl)C1CC2CC2C1. The number of rotatable bonds is 4. The van der Waals surface area contributed by atoms with Crippen molar-refractivity contribution in [2.45, 2.75) is 25.3 Å². The Morgan fingerprint density at radius 2 is 2.00 bits per heavy atom. The van der Waals surface area contributed by atoms with Gasteiger partial charge in [-0.05, 0) is 61.8 Å². The topological polar surface area (TPSA) is 21.3 Å². The van der Waals surface area contributed by atoms with Crippen molar-refractivity contribution in [2.24, 2.45) is 17.8 Å². The van der Waals surface area contributed by atoms with Gasteiger partial charge >= 0.3 is 0 Å². The first-order valence-electron chi connectivity index (χ1n) is 6.73. The summed E-state index contributed by atoms with van der Waals surface area (Å²) in [5.74, 6) is 3.57. The molecule has 1 aromatic carbocycles. The van der Waals surface area contributed by atoms with Crippen molar-refractivity contribution < 1.29 is 4.74 Å². The van der Waals surface area contributed by atoms with E-state index in [2.05, 4.69) is 11.4 Å². The smallest absolute Gasteiger partial charge is 0.120 e. The van der Waals surface area contributed by atoms with E-state index < -0.39 is 0 Å². The summed E-state index contributed by atoms with van der Waals surface area (Å²) in [4.78, 5) is 0. The van der Waals surface area contributed by atoms with Crippen LogP contribution in [0.5, 0.6) is 5.75 Å². The van der Waals surface area contributed by atoms with Crippen LogP contribution in [-0.2, 0) is 0 Å². The zero-order valence-electron chi connectivity index (χ0n) is 10.9. The van der Waals surface area contributed by atoms with E-state index in [1.165, 1.54) is 24.8 Å². The highest BCUT2D eigenvalue weighted by Crippen LogP contribution is 2.57. The van der Waals surface area contributed by atoms with Crippen molar-refractivity contribution in [1.29, 1.82) is 0 Å². The molecule has 3 unspecified atom stereocenters. The Morgan fingerprint density at radius 1 is 1.28 bits per heavy atom. The molecule has 3 heteroatoms. The van der Waals surface area contributed by atoms with Crippen LogP contribution in [0.3, 0.4) is 0 Å². The Labute approximate surface area is 114 Å². The minimum atomic E-state index is 0.385. The van der Waals surface area contributed by atoms with E-state index in [9.17, 15) is 0 Å². The minimum Gasteiger partial charge on any atom is -0.497 e. The second-order valence-corrected chi connectivity index (χ2v) is 6.05. The van der Waals surface area contributed by atoms with Crippen LogP contribution in [0.15, 0.2) is 18.2 Å². The Morgan fingerprint density at radius 3 is 2.56 bits per heavy atom. The van der Waals surface area contributed by atoms with Gasteiger partial charge in [-0.2, -0.15) is 0 Å². The maximum Gasteiger partial charge on any atom is 0.120 e. The standard InChI is InChI=1S/C15H20ClNO/c1-17-15(11-6-9-5-10(9)7-11)13-4-3-12(18-2)8-14(13)16/h3-4,8-11,15,17H,5-7H2,1-2H3. The maximum absolute atomic E-state index is 6.39. The van der Waals surface area contributed by atoms with Crippen LogP contribution in [0.1, 0.15) is 30.9 Å². The van der Waals surface area contributed by atoms with E-state index >= 15 is 0 Å². The zero-order chi connectivity index (χ0) is 12.7. The first kappa shape index (κ1) is 12.3. The highest BCUT2D eigenvalue weighted by Gasteiger charge is 2.48. The molecule has 2 fully saturated rings. The van der Waals surface area contributed by atoms with E-state index in [1.54, 1.807) is 7.11 Å². The van der Waals surface area contributed by atoms with Gasteiger partial charge in [0, 0.05) is 11.1 Å². The predicted molar refractivity (Wildman–Crippen MR) is 74.1 cm³/mol. The molecule has 2 saturated carbocycles. The summed E-state index contributed by atoms with van der Waals surface area (Å²) in [5, 5.41) is 4.27. The quantitative estimate of drug-likeness (QED) is 0.897. The lowest BCUT2D eigenvalue weighted by Crippen LogP contribution is -2.24. The number of methoxy groups -OCH3 is 1. The van der Waals surface area contributed by atoms with E-state index in [-0.39, 0.29) is 0 Å². The second kappa shape index (κ2) is 4.75. The molecule has 3 rings (SSSR count). The minimum absolute atomic E-state index is 0.385. The van der Waals surface area contributed by atoms with E-state index in [0.717, 1.165) is 28.5 Å². The molecule has 2 aliphatic rings. The van der Waals surface area contributed by atoms with Crippen molar-refractivity contribution in [3.63, 3.8) is 0 Å². The molecule has 0 spiro atoms. The fourth-order valence-electron chi connectivity index (χ4n) is 3.57. The summed E-state index contributed by atoms with van der Waals surface area (Å²) >= 11 is 6.39. The molecule has 0 radical (unpaired) electrons. The summed E-state index contributed by atoms with van der Waals surface area (Å²) in [7, 11) is 3.71. The van der Waals surface area contributed by atoms with Crippen LogP contribution in [-0.4, -0.2) is 14.2 Å². The molecule has 3 atom stereocenters. The summed E-state index contributed by atoms with van der Waals surface area (Å²) in [6, 6.07) is 6.40. The average molecular weight is 266 g/mol. The molecule has 1 N–H and O–H groups in total. The predicted octanol–water partition coefficient (Wildman–Crippen LogP) is 3.66. The summed E-state index contributed by atoms with van der Waals surface area (Å²) in [6.45, 7) is 0. The first-order valence-corrected chi connectivity index (χ1v) is 7.11. The van der Waals surface area contributed by atoms with Gasteiger partial charge in [0.05, 0.1) is 7.11 Å². The zero-order valence-corrected chi connectivity index (χ0v) is 11.7. The Bertz CT molecular complexity index is 438. The monoisotopic (exact) mass is 265 g/mol. The van der Waals surface area contributed by atoms with Crippen LogP contribution < -0.4 is 10.1 Å². The third-order valence-electron chi connectivity index (χ3n) is 4.61. The molecule has 98 valence electrons. The molecule has 1 aromatic rings. The van der Waals surface area contributed by atoms with Gasteiger partial charge in [0.2, 0.25) is 0 Å². The van der Waals surface area contributed by atoms with Gasteiger partial charge in [-0.15, -0.1) is 0 Å². The van der Waals surface area contributed by atoms with Crippen molar-refractivity contribution >= 4 is 11.6 Å². The Balaban J connectivity index is 1.82. The van der Waals surface area contributed by atoms with Crippen LogP contribution in [0.2, 0.25) is 5.02 Å². The molecule has 18 heavy (non-hydrogen) atoms. The van der Waals surface area contributed by atoms with Crippen molar-refractivity contribution in [3.8, 4) is 5.75 Å². The lowest BCUT2D eigenvalue weighted by atomic mass is 9.89. The molecule has 2 aliphatic carbocycles. The van der Waals surface area contributed by atoms with Crippen LogP contribution in [0.25, 0.3) is 0 Å². The normalized spacial score (nSPS) is 30.9. The lowest BCUT2D eigenvalue weighted by Gasteiger charge is -2.26. The Hall–Kier alpha value is -0.730. The number of ether oxygens (including phenoxy) is 1. The summed E-state index contributed by atoms with van der Waals surface area (Å²) in [6.07, 6.45) is 4.18. The highest BCUT2D eigenvalue weighted by molar-refractivity contribution is 6.31. The highest BCUT2D eigenvalue weighted by atomic mass is 35.5. The van der Waals surface area contributed by atoms with Gasteiger partial charge in [0.1, 0.15) is 5.75 Å². The number of fused-ring (bicyclic) bond motifs is 1. The van der Waals surface area contributed by atoms with E-state index in [4.69, 9.17) is 16.3 Å². The van der Waals surface area contributed by atoms with E-state index in [0.29, 0.717) is 6.04 Å². The van der Waals surface area contributed by atoms with Gasteiger partial charge in [-0.25, -0.2) is 0 Å². The van der Waals surface area contributed by atoms with E-state index in [1.807, 2.05) is 19.2 Å². The van der Waals surface area contributed by atoms with Gasteiger partial charge < -0.3 is 10.1 Å². The molecular weight excluding hydrogens is 246 g/mol. The first-order chi connectivity index (χ1) is 8.72. The molecule has 2 nitrogen and oxygen atoms in total. The summed E-state index contributed by atoms with van der Waals surface area (Å²) < 4.78 is 5.21. The number of hydrogen-bond donors (Lipinski definition) is 1. The molecule has 0 bridgehead atoms. The fraction of sp³-hybridized carbons (Fsp3) is 0.600. The van der Waals surface area contributed by atoms with Gasteiger partial charge in [0.15, 0.2) is 0 Å². The third-order valence-corrected chi connectivity index (χ3v) is 4.93. The number of nitrogens with one attached hydrogen (secondary N) is 1. The maximum atomic E-state index is 6.39. The van der Waals surface area contributed by atoms with Gasteiger partial charge in [-0.3, -0.25) is 0 Å². The molecular formula is C15H20ClNO. The summed E-state index contributed by atoms with van der Waals surface area (Å²) in [5.41, 5.74) is 1.21. The van der Waals surface area contributed by atoms with Gasteiger partial charge in [0.25, 0.3) is 0 Å². The van der Waals surface area contributed by atoms with Crippen molar-refractivity contribution in [1.82, 2.24) is 5.32 Å². The average Bonchev–Trinajstić information content (AvgIpc) is 2.99. The lowest BCUT2D eigenvalue weighted by molar-refractivity contribution is 0.359. The molecule has 0 saturated heterocycles. The molecule has 0 aromatic heterocycles. The molecule has 0 aliphatic heterocycles. The fourth-order valence-corrected chi connectivity index (χ4v) is 3.85. The van der Waals surface area contributed by atoms with Crippen molar-refractivity contribution in [3.05, 3.63) is 28.8 Å². The third kappa shape index (κ3) is 2.12. The number of benzene rings is 1. The Kier molecular flexibility index (Phi) is 3.25. The van der Waals surface area contributed by atoms with Gasteiger partial charge in [-0.1, -0.05) is 17.7 Å². The van der Waals surface area contributed by atoms with Crippen molar-refractivity contribution in [2.75, 3.05) is 14.2 Å². The molecule has 0 amide bonds. The van der Waals surface area contributed by atoms with Crippen LogP contribution in [0, 0.1) is 17.8 Å². The van der Waals surface area contributed by atoms with Crippen LogP contribution in [0.4, 0.5) is 0 Å². The largest absolute Gasteiger partial charge is 0.497 e. The number of hydrogen-bond acceptors (Lipinski definition) is 2. The van der Waals surface area contributed by atoms with Crippen LogP contribution >= 0.6 is 11.6 Å².